The van der Waals surface area contributed by atoms with Crippen LogP contribution in [0.5, 0.6) is 0 Å². The highest BCUT2D eigenvalue weighted by Gasteiger charge is 2.08. The van der Waals surface area contributed by atoms with Crippen molar-refractivity contribution in [1.82, 2.24) is 0 Å². The molecule has 0 saturated heterocycles. The number of carbonyl (C=O) groups excluding carboxylic acids is 1. The Labute approximate surface area is 83.7 Å². The van der Waals surface area contributed by atoms with Gasteiger partial charge in [-0.2, -0.15) is 0 Å². The van der Waals surface area contributed by atoms with E-state index < -0.39 is 0 Å². The second-order valence-electron chi connectivity index (χ2n) is 3.64. The van der Waals surface area contributed by atoms with Crippen LogP contribution < -0.4 is 0 Å². The van der Waals surface area contributed by atoms with E-state index in [0.29, 0.717) is 0 Å². The van der Waals surface area contributed by atoms with Crippen molar-refractivity contribution < 1.29 is 4.79 Å². The maximum absolute atomic E-state index is 10.9. The predicted octanol–water partition coefficient (Wildman–Crippen LogP) is 3.22. The predicted molar refractivity (Wildman–Crippen MR) is 57.9 cm³/mol. The first-order valence-corrected chi connectivity index (χ1v) is 4.67. The molecule has 2 aliphatic rings. The molecule has 1 nitrogen and oxygen atoms in total. The number of rotatable bonds is 1. The summed E-state index contributed by atoms with van der Waals surface area (Å²) in [7, 11) is 0. The van der Waals surface area contributed by atoms with Crippen molar-refractivity contribution in [2.24, 2.45) is 0 Å². The third kappa shape index (κ3) is 1.31. The topological polar surface area (TPSA) is 17.1 Å². The number of aldehydes is 1. The highest BCUT2D eigenvalue weighted by Crippen LogP contribution is 2.28. The van der Waals surface area contributed by atoms with E-state index in [2.05, 4.69) is 19.1 Å². The first kappa shape index (κ1) is 8.95. The summed E-state index contributed by atoms with van der Waals surface area (Å²) in [4.78, 5) is 10.9. The minimum absolute atomic E-state index is 0.774. The van der Waals surface area contributed by atoms with Gasteiger partial charge in [-0.25, -0.2) is 0 Å². The largest absolute Gasteiger partial charge is 0.298 e. The fraction of sp³-hybridized carbons (Fsp3) is 0.154. The normalized spacial score (nSPS) is 10.4. The van der Waals surface area contributed by atoms with Gasteiger partial charge < -0.3 is 0 Å². The van der Waals surface area contributed by atoms with Crippen LogP contribution in [0.3, 0.4) is 0 Å². The standard InChI is InChI=1S/C13H12O/c1-9-6-10(2)12-4-3-5-13(12)11(7-9)8-14/h3-8H,1-2H3. The van der Waals surface area contributed by atoms with Crippen molar-refractivity contribution in [3.63, 3.8) is 0 Å². The van der Waals surface area contributed by atoms with Crippen LogP contribution in [0.1, 0.15) is 21.5 Å². The lowest BCUT2D eigenvalue weighted by Gasteiger charge is -1.97. The maximum Gasteiger partial charge on any atom is 0.150 e. The molecule has 0 unspecified atom stereocenters. The number of hydrogen-bond donors (Lipinski definition) is 0. The van der Waals surface area contributed by atoms with Gasteiger partial charge in [0.05, 0.1) is 0 Å². The molecule has 0 heterocycles. The summed E-state index contributed by atoms with van der Waals surface area (Å²) in [5.74, 6) is 0. The Morgan fingerprint density at radius 1 is 1.07 bits per heavy atom. The number of aryl methyl sites for hydroxylation is 2. The zero-order valence-electron chi connectivity index (χ0n) is 8.37. The summed E-state index contributed by atoms with van der Waals surface area (Å²) in [6.07, 6.45) is 0.925. The Kier molecular flexibility index (Phi) is 2.08. The van der Waals surface area contributed by atoms with E-state index in [1.54, 1.807) is 0 Å². The summed E-state index contributed by atoms with van der Waals surface area (Å²) in [6, 6.07) is 10.1. The van der Waals surface area contributed by atoms with Crippen LogP contribution in [0.15, 0.2) is 30.3 Å². The van der Waals surface area contributed by atoms with Crippen molar-refractivity contribution in [3.05, 3.63) is 47.0 Å². The Bertz CT molecular complexity index is 457. The van der Waals surface area contributed by atoms with Crippen molar-refractivity contribution in [2.75, 3.05) is 0 Å². The van der Waals surface area contributed by atoms with E-state index in [1.807, 2.05) is 25.1 Å². The van der Waals surface area contributed by atoms with Gasteiger partial charge in [-0.05, 0) is 36.6 Å². The number of hydrogen-bond acceptors (Lipinski definition) is 1. The average molecular weight is 184 g/mol. The number of fused-ring (bicyclic) bond motifs is 1. The molecule has 2 aliphatic carbocycles. The fourth-order valence-electron chi connectivity index (χ4n) is 1.90. The van der Waals surface area contributed by atoms with E-state index in [1.165, 1.54) is 11.1 Å². The number of carbonyl (C=O) groups is 1. The fourth-order valence-corrected chi connectivity index (χ4v) is 1.90. The molecule has 0 amide bonds. The summed E-state index contributed by atoms with van der Waals surface area (Å²) in [5, 5.41) is 0. The smallest absolute Gasteiger partial charge is 0.150 e. The van der Waals surface area contributed by atoms with Gasteiger partial charge in [-0.1, -0.05) is 29.8 Å². The monoisotopic (exact) mass is 184 g/mol. The van der Waals surface area contributed by atoms with Gasteiger partial charge in [0.15, 0.2) is 6.29 Å². The second kappa shape index (κ2) is 3.26. The van der Waals surface area contributed by atoms with E-state index in [0.717, 1.165) is 23.0 Å². The molecule has 0 atom stereocenters. The average Bonchev–Trinajstić information content (AvgIpc) is 2.58. The minimum Gasteiger partial charge on any atom is -0.298 e. The Hall–Kier alpha value is -1.63. The summed E-state index contributed by atoms with van der Waals surface area (Å²) < 4.78 is 0. The van der Waals surface area contributed by atoms with E-state index in [9.17, 15) is 4.79 Å². The molecule has 0 aromatic heterocycles. The molecule has 0 N–H and O–H groups in total. The van der Waals surface area contributed by atoms with Crippen LogP contribution in [0.2, 0.25) is 0 Å². The third-order valence-electron chi connectivity index (χ3n) is 2.51. The van der Waals surface area contributed by atoms with Gasteiger partial charge in [0.25, 0.3) is 0 Å². The van der Waals surface area contributed by atoms with Crippen LogP contribution in [0.25, 0.3) is 11.1 Å². The maximum atomic E-state index is 10.9. The van der Waals surface area contributed by atoms with Crippen LogP contribution in [0, 0.1) is 13.8 Å². The van der Waals surface area contributed by atoms with E-state index in [4.69, 9.17) is 0 Å². The molecule has 0 spiro atoms. The highest BCUT2D eigenvalue weighted by molar-refractivity contribution is 5.89. The Morgan fingerprint density at radius 3 is 2.50 bits per heavy atom. The molecule has 0 aliphatic heterocycles. The molecule has 0 aromatic rings. The SMILES string of the molecule is Cc1cc(C)c2cccc-2c(C=O)c1. The van der Waals surface area contributed by atoms with Gasteiger partial charge >= 0.3 is 0 Å². The third-order valence-corrected chi connectivity index (χ3v) is 2.51. The summed E-state index contributed by atoms with van der Waals surface area (Å²) in [6.45, 7) is 4.09. The van der Waals surface area contributed by atoms with Gasteiger partial charge in [-0.3, -0.25) is 4.79 Å². The summed E-state index contributed by atoms with van der Waals surface area (Å²) >= 11 is 0. The molecular formula is C13H12O. The van der Waals surface area contributed by atoms with Crippen molar-refractivity contribution in [3.8, 4) is 11.1 Å². The van der Waals surface area contributed by atoms with Crippen molar-refractivity contribution in [2.45, 2.75) is 13.8 Å². The molecule has 0 saturated carbocycles. The van der Waals surface area contributed by atoms with Gasteiger partial charge in [0, 0.05) is 5.56 Å². The molecule has 0 bridgehead atoms. The Balaban J connectivity index is 2.85. The molecule has 70 valence electrons. The van der Waals surface area contributed by atoms with Crippen molar-refractivity contribution in [1.29, 1.82) is 0 Å². The Morgan fingerprint density at radius 2 is 1.79 bits per heavy atom. The van der Waals surface area contributed by atoms with E-state index >= 15 is 0 Å². The van der Waals surface area contributed by atoms with Crippen LogP contribution in [0.4, 0.5) is 0 Å². The van der Waals surface area contributed by atoms with E-state index in [-0.39, 0.29) is 0 Å². The van der Waals surface area contributed by atoms with Gasteiger partial charge in [0.1, 0.15) is 0 Å². The highest BCUT2D eigenvalue weighted by atomic mass is 16.1. The van der Waals surface area contributed by atoms with Crippen LogP contribution >= 0.6 is 0 Å². The lowest BCUT2D eigenvalue weighted by molar-refractivity contribution is 0.112. The lowest BCUT2D eigenvalue weighted by Crippen LogP contribution is -1.81. The quantitative estimate of drug-likeness (QED) is 0.622. The van der Waals surface area contributed by atoms with Gasteiger partial charge in [-0.15, -0.1) is 0 Å². The molecule has 0 aromatic carbocycles. The zero-order chi connectivity index (χ0) is 10.1. The molecule has 14 heavy (non-hydrogen) atoms. The summed E-state index contributed by atoms with van der Waals surface area (Å²) in [5.41, 5.74) is 5.33. The second-order valence-corrected chi connectivity index (χ2v) is 3.64. The zero-order valence-corrected chi connectivity index (χ0v) is 8.37. The molecule has 2 rings (SSSR count). The van der Waals surface area contributed by atoms with Crippen LogP contribution in [-0.2, 0) is 0 Å². The molecule has 1 heteroatoms. The van der Waals surface area contributed by atoms with Crippen molar-refractivity contribution >= 4 is 6.29 Å². The first-order chi connectivity index (χ1) is 6.72. The van der Waals surface area contributed by atoms with Crippen LogP contribution in [-0.4, -0.2) is 6.29 Å². The van der Waals surface area contributed by atoms with Gasteiger partial charge in [0.2, 0.25) is 0 Å². The minimum atomic E-state index is 0.774. The first-order valence-electron chi connectivity index (χ1n) is 4.67. The molecular weight excluding hydrogens is 172 g/mol. The lowest BCUT2D eigenvalue weighted by atomic mass is 10.1. The molecule has 0 fully saturated rings. The molecule has 0 radical (unpaired) electrons.